The molecular formula is C14H18N6O3. The van der Waals surface area contributed by atoms with E-state index in [4.69, 9.17) is 5.11 Å². The van der Waals surface area contributed by atoms with E-state index in [0.717, 1.165) is 5.69 Å². The van der Waals surface area contributed by atoms with Crippen LogP contribution >= 0.6 is 0 Å². The molecule has 0 unspecified atom stereocenters. The first-order valence-electron chi connectivity index (χ1n) is 7.29. The second kappa shape index (κ2) is 6.82. The third-order valence-electron chi connectivity index (χ3n) is 3.61. The fraction of sp³-hybridized carbons (Fsp3) is 0.429. The van der Waals surface area contributed by atoms with Crippen LogP contribution in [0, 0.1) is 0 Å². The van der Waals surface area contributed by atoms with Gasteiger partial charge in [0.1, 0.15) is 6.10 Å². The van der Waals surface area contributed by atoms with E-state index in [9.17, 15) is 9.90 Å². The number of nitrogens with zero attached hydrogens (tertiary/aromatic N) is 5. The van der Waals surface area contributed by atoms with Crippen LogP contribution in [0.3, 0.4) is 0 Å². The molecule has 0 saturated carbocycles. The molecular weight excluding hydrogens is 300 g/mol. The normalized spacial score (nSPS) is 15.9. The molecule has 0 fully saturated rings. The lowest BCUT2D eigenvalue weighted by atomic mass is 10.2. The van der Waals surface area contributed by atoms with Gasteiger partial charge >= 0.3 is 0 Å². The molecule has 0 saturated heterocycles. The average Bonchev–Trinajstić information content (AvgIpc) is 2.98. The molecule has 9 nitrogen and oxygen atoms in total. The van der Waals surface area contributed by atoms with Crippen LogP contribution in [0.15, 0.2) is 24.7 Å². The summed E-state index contributed by atoms with van der Waals surface area (Å²) in [5, 5.41) is 25.6. The van der Waals surface area contributed by atoms with Crippen molar-refractivity contribution < 1.29 is 15.0 Å². The average molecular weight is 318 g/mol. The van der Waals surface area contributed by atoms with E-state index in [-0.39, 0.29) is 19.1 Å². The van der Waals surface area contributed by atoms with Gasteiger partial charge in [0.15, 0.2) is 5.82 Å². The molecule has 3 N–H and O–H groups in total. The van der Waals surface area contributed by atoms with Gasteiger partial charge in [0.05, 0.1) is 37.3 Å². The van der Waals surface area contributed by atoms with Crippen molar-refractivity contribution in [1.29, 1.82) is 0 Å². The second-order valence-electron chi connectivity index (χ2n) is 5.33. The van der Waals surface area contributed by atoms with Crippen LogP contribution in [-0.2, 0) is 17.9 Å². The van der Waals surface area contributed by atoms with Crippen molar-refractivity contribution in [3.05, 3.63) is 36.0 Å². The van der Waals surface area contributed by atoms with Gasteiger partial charge in [-0.05, 0) is 6.07 Å². The fourth-order valence-electron chi connectivity index (χ4n) is 2.48. The molecule has 23 heavy (non-hydrogen) atoms. The number of nitrogens with one attached hydrogen (secondary N) is 1. The van der Waals surface area contributed by atoms with E-state index < -0.39 is 6.10 Å². The Morgan fingerprint density at radius 2 is 2.26 bits per heavy atom. The number of aliphatic hydroxyl groups excluding tert-OH is 2. The summed E-state index contributed by atoms with van der Waals surface area (Å²) in [6.07, 6.45) is 3.58. The zero-order chi connectivity index (χ0) is 16.2. The van der Waals surface area contributed by atoms with Gasteiger partial charge in [-0.25, -0.2) is 4.98 Å². The van der Waals surface area contributed by atoms with Crippen molar-refractivity contribution in [1.82, 2.24) is 24.6 Å². The number of anilines is 1. The Bertz CT molecular complexity index is 674. The van der Waals surface area contributed by atoms with Gasteiger partial charge in [-0.1, -0.05) is 0 Å². The molecule has 0 radical (unpaired) electrons. The Hall–Kier alpha value is -2.36. The molecule has 0 aliphatic carbocycles. The van der Waals surface area contributed by atoms with Crippen molar-refractivity contribution in [2.24, 2.45) is 0 Å². The maximum atomic E-state index is 12.0. The highest BCUT2D eigenvalue weighted by molar-refractivity contribution is 5.91. The molecule has 3 rings (SSSR count). The van der Waals surface area contributed by atoms with E-state index >= 15 is 0 Å². The minimum absolute atomic E-state index is 0.158. The highest BCUT2D eigenvalue weighted by atomic mass is 16.3. The molecule has 1 amide bonds. The number of carbonyl (C=O) groups excluding carboxylic acids is 1. The number of amides is 1. The Labute approximate surface area is 132 Å². The van der Waals surface area contributed by atoms with Gasteiger partial charge in [-0.3, -0.25) is 19.4 Å². The summed E-state index contributed by atoms with van der Waals surface area (Å²) in [6.45, 7) is 1.74. The van der Waals surface area contributed by atoms with E-state index in [0.29, 0.717) is 31.1 Å². The predicted octanol–water partition coefficient (Wildman–Crippen LogP) is -0.847. The quantitative estimate of drug-likeness (QED) is 0.657. The Morgan fingerprint density at radius 3 is 3.00 bits per heavy atom. The lowest BCUT2D eigenvalue weighted by Gasteiger charge is -2.26. The monoisotopic (exact) mass is 318 g/mol. The van der Waals surface area contributed by atoms with Crippen LogP contribution < -0.4 is 5.32 Å². The summed E-state index contributed by atoms with van der Waals surface area (Å²) in [5.41, 5.74) is 1.36. The first kappa shape index (κ1) is 15.5. The van der Waals surface area contributed by atoms with Crippen LogP contribution in [0.1, 0.15) is 17.5 Å². The van der Waals surface area contributed by atoms with Crippen LogP contribution in [0.5, 0.6) is 0 Å². The molecule has 2 aromatic rings. The molecule has 0 spiro atoms. The second-order valence-corrected chi connectivity index (χ2v) is 5.33. The lowest BCUT2D eigenvalue weighted by molar-refractivity contribution is -0.117. The third kappa shape index (κ3) is 3.70. The molecule has 1 aliphatic rings. The Balaban J connectivity index is 1.59. The summed E-state index contributed by atoms with van der Waals surface area (Å²) in [4.78, 5) is 21.9. The van der Waals surface area contributed by atoms with Crippen LogP contribution in [0.2, 0.25) is 0 Å². The van der Waals surface area contributed by atoms with E-state index in [1.807, 2.05) is 4.90 Å². The molecule has 1 aliphatic heterocycles. The molecule has 0 aromatic carbocycles. The standard InChI is InChI=1S/C14H18N6O3/c21-9-12(22)11-5-10-7-19(3-4-20(10)18-11)8-14(23)17-13-6-15-1-2-16-13/h1-2,5-6,12,21-22H,3-4,7-9H2,(H,16,17,23)/t12-/m1/s1. The largest absolute Gasteiger partial charge is 0.393 e. The molecule has 9 heteroatoms. The highest BCUT2D eigenvalue weighted by Crippen LogP contribution is 2.17. The van der Waals surface area contributed by atoms with E-state index in [1.165, 1.54) is 12.4 Å². The number of hydrogen-bond donors (Lipinski definition) is 3. The number of aliphatic hydroxyl groups is 2. The van der Waals surface area contributed by atoms with Crippen LogP contribution in [0.25, 0.3) is 0 Å². The van der Waals surface area contributed by atoms with Crippen LogP contribution in [0.4, 0.5) is 5.82 Å². The smallest absolute Gasteiger partial charge is 0.239 e. The lowest BCUT2D eigenvalue weighted by Crippen LogP contribution is -2.39. The number of carbonyl (C=O) groups is 1. The summed E-state index contributed by atoms with van der Waals surface area (Å²) in [6, 6.07) is 1.76. The minimum atomic E-state index is -0.971. The van der Waals surface area contributed by atoms with Gasteiger partial charge in [0, 0.05) is 25.5 Å². The zero-order valence-electron chi connectivity index (χ0n) is 12.5. The molecule has 1 atom stereocenters. The van der Waals surface area contributed by atoms with Crippen molar-refractivity contribution in [3.63, 3.8) is 0 Å². The SMILES string of the molecule is O=C(CN1CCn2nc([C@H](O)CO)cc2C1)Nc1cnccn1. The van der Waals surface area contributed by atoms with Gasteiger partial charge < -0.3 is 15.5 Å². The van der Waals surface area contributed by atoms with Gasteiger partial charge in [0.25, 0.3) is 0 Å². The summed E-state index contributed by atoms with van der Waals surface area (Å²) in [5.74, 6) is 0.266. The fourth-order valence-corrected chi connectivity index (χ4v) is 2.48. The van der Waals surface area contributed by atoms with Crippen LogP contribution in [-0.4, -0.2) is 60.5 Å². The molecule has 0 bridgehead atoms. The van der Waals surface area contributed by atoms with Crippen molar-refractivity contribution in [2.45, 2.75) is 19.2 Å². The highest BCUT2D eigenvalue weighted by Gasteiger charge is 2.22. The third-order valence-corrected chi connectivity index (χ3v) is 3.61. The Morgan fingerprint density at radius 1 is 1.39 bits per heavy atom. The topological polar surface area (TPSA) is 116 Å². The summed E-state index contributed by atoms with van der Waals surface area (Å²) >= 11 is 0. The van der Waals surface area contributed by atoms with E-state index in [1.54, 1.807) is 16.9 Å². The van der Waals surface area contributed by atoms with Gasteiger partial charge in [0.2, 0.25) is 5.91 Å². The zero-order valence-corrected chi connectivity index (χ0v) is 12.5. The van der Waals surface area contributed by atoms with Crippen molar-refractivity contribution in [2.75, 3.05) is 25.0 Å². The summed E-state index contributed by atoms with van der Waals surface area (Å²) < 4.78 is 1.80. The molecule has 3 heterocycles. The van der Waals surface area contributed by atoms with E-state index in [2.05, 4.69) is 20.4 Å². The number of rotatable bonds is 5. The number of aromatic nitrogens is 4. The molecule has 2 aromatic heterocycles. The Kier molecular flexibility index (Phi) is 4.60. The first-order chi connectivity index (χ1) is 11.2. The number of hydrogen-bond acceptors (Lipinski definition) is 7. The van der Waals surface area contributed by atoms with Gasteiger partial charge in [-0.15, -0.1) is 0 Å². The summed E-state index contributed by atoms with van der Waals surface area (Å²) in [7, 11) is 0. The maximum Gasteiger partial charge on any atom is 0.239 e. The van der Waals surface area contributed by atoms with Gasteiger partial charge in [-0.2, -0.15) is 5.10 Å². The first-order valence-corrected chi connectivity index (χ1v) is 7.29. The molecule has 122 valence electrons. The van der Waals surface area contributed by atoms with Crippen molar-refractivity contribution in [3.8, 4) is 0 Å². The predicted molar refractivity (Wildman–Crippen MR) is 80.2 cm³/mol. The number of fused-ring (bicyclic) bond motifs is 1. The minimum Gasteiger partial charge on any atom is -0.393 e. The maximum absolute atomic E-state index is 12.0. The van der Waals surface area contributed by atoms with Crippen molar-refractivity contribution >= 4 is 11.7 Å².